The van der Waals surface area contributed by atoms with Crippen LogP contribution in [0.1, 0.15) is 21.7 Å². The molecule has 0 amide bonds. The second kappa shape index (κ2) is 5.71. The van der Waals surface area contributed by atoms with E-state index in [9.17, 15) is 18.0 Å². The third-order valence-corrected chi connectivity index (χ3v) is 4.05. The second-order valence-electron chi connectivity index (χ2n) is 4.85. The molecule has 24 heavy (non-hydrogen) atoms. The van der Waals surface area contributed by atoms with Crippen molar-refractivity contribution in [2.75, 3.05) is 0 Å². The number of carboxylic acid groups (broad SMARTS) is 1. The van der Waals surface area contributed by atoms with Crippen molar-refractivity contribution in [2.24, 2.45) is 0 Å². The largest absolute Gasteiger partial charge is 0.477 e. The highest BCUT2D eigenvalue weighted by Gasteiger charge is 2.30. The van der Waals surface area contributed by atoms with Crippen LogP contribution in [0.25, 0.3) is 15.7 Å². The minimum atomic E-state index is -4.41. The quantitative estimate of drug-likeness (QED) is 0.779. The fourth-order valence-corrected chi connectivity index (χ4v) is 2.83. The van der Waals surface area contributed by atoms with Crippen molar-refractivity contribution in [1.29, 1.82) is 0 Å². The zero-order chi connectivity index (χ0) is 17.5. The number of rotatable bonds is 3. The van der Waals surface area contributed by atoms with E-state index in [1.807, 2.05) is 0 Å². The first-order chi connectivity index (χ1) is 11.3. The van der Waals surface area contributed by atoms with E-state index >= 15 is 0 Å². The van der Waals surface area contributed by atoms with Crippen molar-refractivity contribution in [3.63, 3.8) is 0 Å². The summed E-state index contributed by atoms with van der Waals surface area (Å²) in [4.78, 5) is 11.2. The van der Waals surface area contributed by atoms with Gasteiger partial charge in [0.15, 0.2) is 5.69 Å². The van der Waals surface area contributed by atoms with Gasteiger partial charge in [-0.25, -0.2) is 4.79 Å². The number of aryl methyl sites for hydroxylation is 1. The number of benzene rings is 1. The molecule has 0 saturated carbocycles. The van der Waals surface area contributed by atoms with Crippen LogP contribution in [-0.2, 0) is 6.18 Å². The number of halogens is 3. The van der Waals surface area contributed by atoms with Gasteiger partial charge in [0, 0.05) is 5.56 Å². The lowest BCUT2D eigenvalue weighted by atomic mass is 10.1. The van der Waals surface area contributed by atoms with Gasteiger partial charge in [-0.3, -0.25) is 0 Å². The average molecular weight is 354 g/mol. The molecule has 1 N–H and O–H groups in total. The molecule has 0 bridgehead atoms. The Kier molecular flexibility index (Phi) is 3.84. The summed E-state index contributed by atoms with van der Waals surface area (Å²) in [6.07, 6.45) is -4.41. The van der Waals surface area contributed by atoms with Crippen molar-refractivity contribution in [1.82, 2.24) is 20.0 Å². The van der Waals surface area contributed by atoms with E-state index in [0.717, 1.165) is 28.2 Å². The Balaban J connectivity index is 1.95. The average Bonchev–Trinajstić information content (AvgIpc) is 3.13. The van der Waals surface area contributed by atoms with Gasteiger partial charge in [0.2, 0.25) is 5.13 Å². The summed E-state index contributed by atoms with van der Waals surface area (Å²) in [5, 5.41) is 21.6. The molecule has 0 saturated heterocycles. The van der Waals surface area contributed by atoms with Crippen LogP contribution in [0.4, 0.5) is 13.2 Å². The number of alkyl halides is 3. The Bertz CT molecular complexity index is 900. The summed E-state index contributed by atoms with van der Waals surface area (Å²) in [5.41, 5.74) is 0.126. The smallest absolute Gasteiger partial charge is 0.416 e. The first-order valence-electron chi connectivity index (χ1n) is 6.57. The SMILES string of the molecule is Cc1cc(C(=O)O)n(-c2nnc(-c3ccc(C(F)(F)F)cc3)s2)n1. The monoisotopic (exact) mass is 354 g/mol. The molecular weight excluding hydrogens is 345 g/mol. The Morgan fingerprint density at radius 2 is 1.88 bits per heavy atom. The molecule has 10 heteroatoms. The highest BCUT2D eigenvalue weighted by molar-refractivity contribution is 7.17. The highest BCUT2D eigenvalue weighted by Crippen LogP contribution is 2.32. The molecule has 0 aliphatic rings. The molecule has 0 spiro atoms. The standard InChI is InChI=1S/C14H9F3N4O2S/c1-7-6-10(12(22)23)21(20-7)13-19-18-11(24-13)8-2-4-9(5-3-8)14(15,16)17/h2-6H,1H3,(H,22,23). The summed E-state index contributed by atoms with van der Waals surface area (Å²) < 4.78 is 38.9. The Morgan fingerprint density at radius 3 is 2.46 bits per heavy atom. The van der Waals surface area contributed by atoms with Crippen LogP contribution in [0.15, 0.2) is 30.3 Å². The van der Waals surface area contributed by atoms with Gasteiger partial charge in [-0.2, -0.15) is 23.0 Å². The van der Waals surface area contributed by atoms with Crippen LogP contribution < -0.4 is 0 Å². The van der Waals surface area contributed by atoms with Crippen LogP contribution in [0.2, 0.25) is 0 Å². The fourth-order valence-electron chi connectivity index (χ4n) is 2.02. The Morgan fingerprint density at radius 1 is 1.21 bits per heavy atom. The van der Waals surface area contributed by atoms with Gasteiger partial charge < -0.3 is 5.11 Å². The Hall–Kier alpha value is -2.75. The normalized spacial score (nSPS) is 11.7. The van der Waals surface area contributed by atoms with E-state index in [-0.39, 0.29) is 10.8 Å². The number of carboxylic acids is 1. The lowest BCUT2D eigenvalue weighted by molar-refractivity contribution is -0.137. The molecule has 0 unspecified atom stereocenters. The second-order valence-corrected chi connectivity index (χ2v) is 5.81. The summed E-state index contributed by atoms with van der Waals surface area (Å²) in [6, 6.07) is 5.88. The predicted octanol–water partition coefficient (Wildman–Crippen LogP) is 3.42. The first-order valence-corrected chi connectivity index (χ1v) is 7.39. The number of carbonyl (C=O) groups is 1. The molecule has 0 fully saturated rings. The fraction of sp³-hybridized carbons (Fsp3) is 0.143. The van der Waals surface area contributed by atoms with Crippen molar-refractivity contribution in [3.8, 4) is 15.7 Å². The van der Waals surface area contributed by atoms with Crippen molar-refractivity contribution >= 4 is 17.3 Å². The van der Waals surface area contributed by atoms with E-state index in [1.165, 1.54) is 18.2 Å². The number of aromatic carboxylic acids is 1. The molecule has 2 aromatic heterocycles. The maximum Gasteiger partial charge on any atom is 0.416 e. The molecule has 0 aliphatic heterocycles. The topological polar surface area (TPSA) is 80.9 Å². The molecule has 3 aromatic rings. The van der Waals surface area contributed by atoms with Crippen molar-refractivity contribution in [2.45, 2.75) is 13.1 Å². The predicted molar refractivity (Wildman–Crippen MR) is 79.2 cm³/mol. The molecule has 3 rings (SSSR count). The summed E-state index contributed by atoms with van der Waals surface area (Å²) in [6.45, 7) is 1.64. The third-order valence-electron chi connectivity index (χ3n) is 3.11. The van der Waals surface area contributed by atoms with Gasteiger partial charge >= 0.3 is 12.1 Å². The lowest BCUT2D eigenvalue weighted by Crippen LogP contribution is -2.07. The highest BCUT2D eigenvalue weighted by atomic mass is 32.1. The first kappa shape index (κ1) is 16.1. The molecule has 1 aromatic carbocycles. The third kappa shape index (κ3) is 3.00. The van der Waals surface area contributed by atoms with Crippen LogP contribution in [0.3, 0.4) is 0 Å². The van der Waals surface area contributed by atoms with E-state index < -0.39 is 17.7 Å². The minimum absolute atomic E-state index is 0.0670. The van der Waals surface area contributed by atoms with Crippen molar-refractivity contribution in [3.05, 3.63) is 47.3 Å². The lowest BCUT2D eigenvalue weighted by Gasteiger charge is -2.06. The zero-order valence-corrected chi connectivity index (χ0v) is 12.9. The van der Waals surface area contributed by atoms with Gasteiger partial charge in [-0.05, 0) is 25.1 Å². The van der Waals surface area contributed by atoms with E-state index in [4.69, 9.17) is 5.11 Å². The minimum Gasteiger partial charge on any atom is -0.477 e. The summed E-state index contributed by atoms with van der Waals surface area (Å²) in [5.74, 6) is -1.16. The van der Waals surface area contributed by atoms with E-state index in [0.29, 0.717) is 16.3 Å². The van der Waals surface area contributed by atoms with Crippen LogP contribution in [0, 0.1) is 6.92 Å². The molecule has 0 atom stereocenters. The molecular formula is C14H9F3N4O2S. The molecule has 0 aliphatic carbocycles. The van der Waals surface area contributed by atoms with Crippen LogP contribution in [0.5, 0.6) is 0 Å². The number of hydrogen-bond acceptors (Lipinski definition) is 5. The number of aromatic nitrogens is 4. The molecule has 6 nitrogen and oxygen atoms in total. The van der Waals surface area contributed by atoms with E-state index in [1.54, 1.807) is 6.92 Å². The summed E-state index contributed by atoms with van der Waals surface area (Å²) in [7, 11) is 0. The van der Waals surface area contributed by atoms with Gasteiger partial charge in [0.1, 0.15) is 5.01 Å². The number of nitrogens with zero attached hydrogens (tertiary/aromatic N) is 4. The van der Waals surface area contributed by atoms with Gasteiger partial charge in [-0.15, -0.1) is 10.2 Å². The van der Waals surface area contributed by atoms with Crippen molar-refractivity contribution < 1.29 is 23.1 Å². The van der Waals surface area contributed by atoms with Gasteiger partial charge in [-0.1, -0.05) is 23.5 Å². The molecule has 124 valence electrons. The maximum atomic E-state index is 12.6. The Labute approximate surface area is 137 Å². The zero-order valence-electron chi connectivity index (χ0n) is 12.1. The molecule has 0 radical (unpaired) electrons. The van der Waals surface area contributed by atoms with E-state index in [2.05, 4.69) is 15.3 Å². The number of hydrogen-bond donors (Lipinski definition) is 1. The maximum absolute atomic E-state index is 12.6. The van der Waals surface area contributed by atoms with Gasteiger partial charge in [0.25, 0.3) is 0 Å². The van der Waals surface area contributed by atoms with Crippen LogP contribution in [-0.4, -0.2) is 31.1 Å². The van der Waals surface area contributed by atoms with Crippen LogP contribution >= 0.6 is 11.3 Å². The molecule has 2 heterocycles. The van der Waals surface area contributed by atoms with Gasteiger partial charge in [0.05, 0.1) is 11.3 Å². The summed E-state index contributed by atoms with van der Waals surface area (Å²) >= 11 is 1.03.